The van der Waals surface area contributed by atoms with Crippen molar-refractivity contribution in [2.24, 2.45) is 0 Å². The highest BCUT2D eigenvalue weighted by atomic mass is 16.6. The van der Waals surface area contributed by atoms with Gasteiger partial charge in [0, 0.05) is 49.6 Å². The minimum absolute atomic E-state index is 0.109. The molecule has 10 heteroatoms. The fourth-order valence-electron chi connectivity index (χ4n) is 5.38. The Morgan fingerprint density at radius 3 is 2.40 bits per heavy atom. The summed E-state index contributed by atoms with van der Waals surface area (Å²) in [5.74, 6) is 1.69. The van der Waals surface area contributed by atoms with Crippen LogP contribution in [0.4, 0.5) is 11.4 Å². The van der Waals surface area contributed by atoms with Crippen LogP contribution in [0.15, 0.2) is 48.5 Å². The van der Waals surface area contributed by atoms with Crippen molar-refractivity contribution in [2.75, 3.05) is 38.2 Å². The minimum Gasteiger partial charge on any atom is -0.496 e. The molecule has 2 aliphatic rings. The first-order valence-corrected chi connectivity index (χ1v) is 12.3. The Kier molecular flexibility index (Phi) is 6.89. The van der Waals surface area contributed by atoms with E-state index in [-0.39, 0.29) is 16.7 Å². The maximum absolute atomic E-state index is 11.0. The van der Waals surface area contributed by atoms with E-state index in [4.69, 9.17) is 4.74 Å². The van der Waals surface area contributed by atoms with Gasteiger partial charge >= 0.3 is 0 Å². The molecular weight excluding hydrogens is 446 g/mol. The molecule has 35 heavy (non-hydrogen) atoms. The summed E-state index contributed by atoms with van der Waals surface area (Å²) in [5.41, 5.74) is 2.17. The second-order valence-electron chi connectivity index (χ2n) is 9.21. The molecule has 3 aromatic rings. The molecule has 1 aliphatic carbocycles. The number of piperazine rings is 1. The highest BCUT2D eigenvalue weighted by Crippen LogP contribution is 2.37. The zero-order valence-corrected chi connectivity index (χ0v) is 20.0. The smallest absolute Gasteiger partial charge is 0.269 e. The zero-order chi connectivity index (χ0) is 24.2. The SMILES string of the molecule is COc1ccccc1C(c1nnnn1C1CCCCC1)N1CCN(c2ccc([N+](=O)[O-])cc2)CC1. The van der Waals surface area contributed by atoms with Crippen LogP contribution < -0.4 is 9.64 Å². The molecular formula is C25H31N7O3. The van der Waals surface area contributed by atoms with Crippen LogP contribution in [0.25, 0.3) is 0 Å². The first kappa shape index (κ1) is 23.2. The van der Waals surface area contributed by atoms with Gasteiger partial charge in [-0.2, -0.15) is 0 Å². The van der Waals surface area contributed by atoms with Crippen molar-refractivity contribution in [1.29, 1.82) is 0 Å². The molecule has 1 aromatic heterocycles. The van der Waals surface area contributed by atoms with Gasteiger partial charge in [-0.05, 0) is 41.5 Å². The van der Waals surface area contributed by atoms with Gasteiger partial charge < -0.3 is 9.64 Å². The van der Waals surface area contributed by atoms with Crippen LogP contribution in [0.3, 0.4) is 0 Å². The second-order valence-corrected chi connectivity index (χ2v) is 9.21. The van der Waals surface area contributed by atoms with E-state index in [1.54, 1.807) is 19.2 Å². The van der Waals surface area contributed by atoms with Crippen molar-refractivity contribution in [2.45, 2.75) is 44.2 Å². The molecule has 2 heterocycles. The molecule has 1 aliphatic heterocycles. The van der Waals surface area contributed by atoms with Gasteiger partial charge in [-0.3, -0.25) is 15.0 Å². The Morgan fingerprint density at radius 1 is 1.00 bits per heavy atom. The van der Waals surface area contributed by atoms with E-state index in [1.807, 2.05) is 30.3 Å². The highest BCUT2D eigenvalue weighted by molar-refractivity contribution is 5.51. The Morgan fingerprint density at radius 2 is 1.71 bits per heavy atom. The molecule has 0 amide bonds. The van der Waals surface area contributed by atoms with E-state index in [1.165, 1.54) is 19.3 Å². The van der Waals surface area contributed by atoms with Crippen molar-refractivity contribution in [1.82, 2.24) is 25.1 Å². The van der Waals surface area contributed by atoms with Crippen LogP contribution >= 0.6 is 0 Å². The number of tetrazole rings is 1. The largest absolute Gasteiger partial charge is 0.496 e. The molecule has 0 radical (unpaired) electrons. The van der Waals surface area contributed by atoms with Gasteiger partial charge in [0.15, 0.2) is 5.82 Å². The average Bonchev–Trinajstić information content (AvgIpc) is 3.39. The third-order valence-electron chi connectivity index (χ3n) is 7.22. The van der Waals surface area contributed by atoms with Crippen molar-refractivity contribution in [3.05, 3.63) is 70.0 Å². The lowest BCUT2D eigenvalue weighted by molar-refractivity contribution is -0.384. The van der Waals surface area contributed by atoms with Crippen LogP contribution in [0.5, 0.6) is 5.75 Å². The molecule has 1 saturated carbocycles. The molecule has 0 spiro atoms. The molecule has 1 unspecified atom stereocenters. The van der Waals surface area contributed by atoms with Gasteiger partial charge in [-0.15, -0.1) is 5.10 Å². The fourth-order valence-corrected chi connectivity index (χ4v) is 5.38. The summed E-state index contributed by atoms with van der Waals surface area (Å²) < 4.78 is 7.81. The predicted molar refractivity (Wildman–Crippen MR) is 132 cm³/mol. The van der Waals surface area contributed by atoms with Crippen LogP contribution in [-0.2, 0) is 0 Å². The Hall–Kier alpha value is -3.53. The maximum atomic E-state index is 11.0. The summed E-state index contributed by atoms with van der Waals surface area (Å²) in [6, 6.07) is 15.1. The number of nitro benzene ring substituents is 1. The van der Waals surface area contributed by atoms with Crippen LogP contribution in [0, 0.1) is 10.1 Å². The molecule has 1 atom stereocenters. The summed E-state index contributed by atoms with van der Waals surface area (Å²) in [5, 5.41) is 24.1. The van der Waals surface area contributed by atoms with E-state index in [2.05, 4.69) is 36.1 Å². The number of methoxy groups -OCH3 is 1. The molecule has 0 bridgehead atoms. The summed E-state index contributed by atoms with van der Waals surface area (Å²) in [6.45, 7) is 3.21. The topological polar surface area (TPSA) is 102 Å². The van der Waals surface area contributed by atoms with Crippen molar-refractivity contribution in [3.8, 4) is 5.75 Å². The van der Waals surface area contributed by atoms with Gasteiger partial charge in [-0.1, -0.05) is 37.5 Å². The molecule has 184 valence electrons. The second kappa shape index (κ2) is 10.4. The first-order chi connectivity index (χ1) is 17.2. The summed E-state index contributed by atoms with van der Waals surface area (Å²) in [4.78, 5) is 15.3. The van der Waals surface area contributed by atoms with E-state index in [0.29, 0.717) is 6.04 Å². The normalized spacial score (nSPS) is 18.4. The molecule has 2 aromatic carbocycles. The summed E-state index contributed by atoms with van der Waals surface area (Å²) >= 11 is 0. The third-order valence-corrected chi connectivity index (χ3v) is 7.22. The number of ether oxygens (including phenoxy) is 1. The van der Waals surface area contributed by atoms with Gasteiger partial charge in [0.25, 0.3) is 5.69 Å². The van der Waals surface area contributed by atoms with E-state index < -0.39 is 0 Å². The fraction of sp³-hybridized carbons (Fsp3) is 0.480. The first-order valence-electron chi connectivity index (χ1n) is 12.3. The number of hydrogen-bond acceptors (Lipinski definition) is 8. The van der Waals surface area contributed by atoms with Crippen LogP contribution in [0.1, 0.15) is 55.6 Å². The van der Waals surface area contributed by atoms with E-state index in [0.717, 1.165) is 61.8 Å². The number of aromatic nitrogens is 4. The van der Waals surface area contributed by atoms with Gasteiger partial charge in [0.05, 0.1) is 18.1 Å². The number of anilines is 1. The predicted octanol–water partition coefficient (Wildman–Crippen LogP) is 4.01. The number of nitro groups is 1. The lowest BCUT2D eigenvalue weighted by atomic mass is 9.95. The van der Waals surface area contributed by atoms with Crippen LogP contribution in [0.2, 0.25) is 0 Å². The molecule has 1 saturated heterocycles. The average molecular weight is 478 g/mol. The standard InChI is InChI=1S/C25H31N7O3/c1-35-23-10-6-5-9-22(23)24(25-26-27-28-31(25)20-7-3-2-4-8-20)30-17-15-29(16-18-30)19-11-13-21(14-12-19)32(33)34/h5-6,9-14,20,24H,2-4,7-8,15-18H2,1H3. The minimum atomic E-state index is -0.365. The third kappa shape index (κ3) is 4.84. The quantitative estimate of drug-likeness (QED) is 0.372. The number of benzene rings is 2. The highest BCUT2D eigenvalue weighted by Gasteiger charge is 2.34. The van der Waals surface area contributed by atoms with Gasteiger partial charge in [-0.25, -0.2) is 4.68 Å². The van der Waals surface area contributed by atoms with Crippen molar-refractivity contribution >= 4 is 11.4 Å². The lowest BCUT2D eigenvalue weighted by Gasteiger charge is -2.40. The number of para-hydroxylation sites is 1. The molecule has 10 nitrogen and oxygen atoms in total. The number of nitrogens with zero attached hydrogens (tertiary/aromatic N) is 7. The maximum Gasteiger partial charge on any atom is 0.269 e. The van der Waals surface area contributed by atoms with Gasteiger partial charge in [0.1, 0.15) is 11.8 Å². The summed E-state index contributed by atoms with van der Waals surface area (Å²) in [6.07, 6.45) is 5.89. The zero-order valence-electron chi connectivity index (χ0n) is 20.0. The Bertz CT molecular complexity index is 1140. The van der Waals surface area contributed by atoms with Crippen molar-refractivity contribution < 1.29 is 9.66 Å². The Balaban J connectivity index is 1.42. The van der Waals surface area contributed by atoms with E-state index in [9.17, 15) is 10.1 Å². The number of rotatable bonds is 7. The number of hydrogen-bond donors (Lipinski definition) is 0. The molecule has 2 fully saturated rings. The molecule has 5 rings (SSSR count). The monoisotopic (exact) mass is 477 g/mol. The van der Waals surface area contributed by atoms with Gasteiger partial charge in [0.2, 0.25) is 0 Å². The van der Waals surface area contributed by atoms with Crippen LogP contribution in [-0.4, -0.2) is 63.3 Å². The Labute approximate surface area is 204 Å². The lowest BCUT2D eigenvalue weighted by Crippen LogP contribution is -2.48. The molecule has 0 N–H and O–H groups in total. The summed E-state index contributed by atoms with van der Waals surface area (Å²) in [7, 11) is 1.70. The van der Waals surface area contributed by atoms with E-state index >= 15 is 0 Å². The number of non-ortho nitro benzene ring substituents is 1. The van der Waals surface area contributed by atoms with Crippen molar-refractivity contribution in [3.63, 3.8) is 0 Å².